The lowest BCUT2D eigenvalue weighted by Crippen LogP contribution is -2.44. The maximum Gasteiger partial charge on any atom is 0.410 e. The summed E-state index contributed by atoms with van der Waals surface area (Å²) in [6.45, 7) is 6.55. The lowest BCUT2D eigenvalue weighted by molar-refractivity contribution is 0.0172. The Morgan fingerprint density at radius 1 is 1.25 bits per heavy atom. The Bertz CT molecular complexity index is 756. The van der Waals surface area contributed by atoms with E-state index in [4.69, 9.17) is 9.15 Å². The predicted molar refractivity (Wildman–Crippen MR) is 91.1 cm³/mol. The van der Waals surface area contributed by atoms with Gasteiger partial charge in [0.25, 0.3) is 0 Å². The summed E-state index contributed by atoms with van der Waals surface area (Å²) in [5.41, 5.74) is 0.679. The molecule has 1 saturated heterocycles. The van der Waals surface area contributed by atoms with Crippen LogP contribution in [-0.2, 0) is 4.74 Å². The number of rotatable bonds is 2. The molecule has 1 aliphatic heterocycles. The number of amides is 1. The molecular weight excluding hydrogens is 306 g/mol. The van der Waals surface area contributed by atoms with E-state index in [1.54, 1.807) is 17.2 Å². The molecule has 1 amide bonds. The van der Waals surface area contributed by atoms with E-state index >= 15 is 0 Å². The number of carbonyl (C=O) groups excluding carboxylic acids is 2. The molecule has 0 N–H and O–H groups in total. The number of benzene rings is 1. The van der Waals surface area contributed by atoms with Gasteiger partial charge in [0.2, 0.25) is 0 Å². The molecule has 2 heterocycles. The summed E-state index contributed by atoms with van der Waals surface area (Å²) in [7, 11) is 0. The third-order valence-electron chi connectivity index (χ3n) is 4.19. The third-order valence-corrected chi connectivity index (χ3v) is 4.19. The zero-order chi connectivity index (χ0) is 17.3. The SMILES string of the molecule is CC(C)(C)OC(=O)N1CCCC(C(=O)c2cccc3ccoc23)C1. The molecule has 0 radical (unpaired) electrons. The number of hydrogen-bond donors (Lipinski definition) is 0. The number of ketones is 1. The van der Waals surface area contributed by atoms with Gasteiger partial charge in [-0.25, -0.2) is 4.79 Å². The van der Waals surface area contributed by atoms with Crippen molar-refractivity contribution in [3.8, 4) is 0 Å². The molecule has 1 unspecified atom stereocenters. The van der Waals surface area contributed by atoms with Crippen molar-refractivity contribution in [1.82, 2.24) is 4.90 Å². The van der Waals surface area contributed by atoms with Gasteiger partial charge in [-0.3, -0.25) is 4.79 Å². The molecule has 5 heteroatoms. The topological polar surface area (TPSA) is 59.8 Å². The van der Waals surface area contributed by atoms with Crippen LogP contribution >= 0.6 is 0 Å². The molecule has 0 bridgehead atoms. The Balaban J connectivity index is 1.76. The zero-order valence-electron chi connectivity index (χ0n) is 14.4. The number of para-hydroxylation sites is 1. The minimum absolute atomic E-state index is 0.0313. The summed E-state index contributed by atoms with van der Waals surface area (Å²) in [6, 6.07) is 7.42. The summed E-state index contributed by atoms with van der Waals surface area (Å²) in [5.74, 6) is -0.189. The van der Waals surface area contributed by atoms with E-state index in [-0.39, 0.29) is 17.8 Å². The minimum Gasteiger partial charge on any atom is -0.464 e. The van der Waals surface area contributed by atoms with Crippen molar-refractivity contribution in [2.24, 2.45) is 5.92 Å². The van der Waals surface area contributed by atoms with Crippen LogP contribution in [0.4, 0.5) is 4.79 Å². The van der Waals surface area contributed by atoms with Crippen molar-refractivity contribution >= 4 is 22.8 Å². The zero-order valence-corrected chi connectivity index (χ0v) is 14.4. The van der Waals surface area contributed by atoms with Crippen LogP contribution in [0.25, 0.3) is 11.0 Å². The van der Waals surface area contributed by atoms with Gasteiger partial charge in [0.1, 0.15) is 11.2 Å². The van der Waals surface area contributed by atoms with Gasteiger partial charge >= 0.3 is 6.09 Å². The van der Waals surface area contributed by atoms with Gasteiger partial charge in [0.15, 0.2) is 5.78 Å². The first kappa shape index (κ1) is 16.6. The summed E-state index contributed by atoms with van der Waals surface area (Å²) < 4.78 is 10.9. The van der Waals surface area contributed by atoms with E-state index in [9.17, 15) is 9.59 Å². The van der Waals surface area contributed by atoms with Crippen LogP contribution in [0.1, 0.15) is 44.0 Å². The quantitative estimate of drug-likeness (QED) is 0.772. The summed E-state index contributed by atoms with van der Waals surface area (Å²) in [6.07, 6.45) is 2.81. The highest BCUT2D eigenvalue weighted by molar-refractivity contribution is 6.07. The van der Waals surface area contributed by atoms with Gasteiger partial charge < -0.3 is 14.1 Å². The van der Waals surface area contributed by atoms with Gasteiger partial charge in [-0.15, -0.1) is 0 Å². The first-order valence-corrected chi connectivity index (χ1v) is 8.33. The van der Waals surface area contributed by atoms with Gasteiger partial charge in [-0.05, 0) is 45.7 Å². The van der Waals surface area contributed by atoms with E-state index in [0.29, 0.717) is 24.2 Å². The van der Waals surface area contributed by atoms with Gasteiger partial charge in [-0.2, -0.15) is 0 Å². The van der Waals surface area contributed by atoms with Crippen LogP contribution in [-0.4, -0.2) is 35.5 Å². The van der Waals surface area contributed by atoms with E-state index in [2.05, 4.69) is 0 Å². The fourth-order valence-corrected chi connectivity index (χ4v) is 3.09. The van der Waals surface area contributed by atoms with Crippen LogP contribution < -0.4 is 0 Å². The molecule has 0 spiro atoms. The summed E-state index contributed by atoms with van der Waals surface area (Å²) >= 11 is 0. The van der Waals surface area contributed by atoms with Crippen LogP contribution in [0.3, 0.4) is 0 Å². The van der Waals surface area contributed by atoms with Crippen LogP contribution in [0.15, 0.2) is 34.9 Å². The van der Waals surface area contributed by atoms with Gasteiger partial charge in [-0.1, -0.05) is 12.1 Å². The fraction of sp³-hybridized carbons (Fsp3) is 0.474. The average molecular weight is 329 g/mol. The lowest BCUT2D eigenvalue weighted by atomic mass is 9.89. The number of nitrogens with zero attached hydrogens (tertiary/aromatic N) is 1. The molecule has 128 valence electrons. The number of furan rings is 1. The molecule has 1 aromatic carbocycles. The maximum absolute atomic E-state index is 12.9. The second-order valence-electron chi connectivity index (χ2n) is 7.27. The van der Waals surface area contributed by atoms with E-state index < -0.39 is 5.60 Å². The van der Waals surface area contributed by atoms with Crippen LogP contribution in [0.2, 0.25) is 0 Å². The molecule has 3 rings (SSSR count). The first-order valence-electron chi connectivity index (χ1n) is 8.33. The second-order valence-corrected chi connectivity index (χ2v) is 7.27. The van der Waals surface area contributed by atoms with E-state index in [1.807, 2.05) is 39.0 Å². The number of likely N-dealkylation sites (tertiary alicyclic amines) is 1. The Morgan fingerprint density at radius 3 is 2.79 bits per heavy atom. The van der Waals surface area contributed by atoms with E-state index in [1.165, 1.54) is 0 Å². The fourth-order valence-electron chi connectivity index (χ4n) is 3.09. The molecule has 1 aliphatic rings. The molecule has 24 heavy (non-hydrogen) atoms. The number of ether oxygens (including phenoxy) is 1. The molecule has 1 aromatic heterocycles. The number of piperidine rings is 1. The maximum atomic E-state index is 12.9. The second kappa shape index (κ2) is 6.30. The molecule has 1 fully saturated rings. The highest BCUT2D eigenvalue weighted by Crippen LogP contribution is 2.27. The minimum atomic E-state index is -0.534. The van der Waals surface area contributed by atoms with Crippen molar-refractivity contribution in [2.75, 3.05) is 13.1 Å². The number of hydrogen-bond acceptors (Lipinski definition) is 4. The normalized spacial score (nSPS) is 18.6. The molecule has 0 saturated carbocycles. The monoisotopic (exact) mass is 329 g/mol. The average Bonchev–Trinajstić information content (AvgIpc) is 3.01. The smallest absolute Gasteiger partial charge is 0.410 e. The highest BCUT2D eigenvalue weighted by atomic mass is 16.6. The molecular formula is C19H23NO4. The van der Waals surface area contributed by atoms with Crippen LogP contribution in [0, 0.1) is 5.92 Å². The highest BCUT2D eigenvalue weighted by Gasteiger charge is 2.32. The van der Waals surface area contributed by atoms with Crippen LogP contribution in [0.5, 0.6) is 0 Å². The molecule has 2 aromatic rings. The lowest BCUT2D eigenvalue weighted by Gasteiger charge is -2.33. The summed E-state index contributed by atoms with van der Waals surface area (Å²) in [5, 5.41) is 0.917. The first-order chi connectivity index (χ1) is 11.3. The van der Waals surface area contributed by atoms with Crippen molar-refractivity contribution < 1.29 is 18.7 Å². The Morgan fingerprint density at radius 2 is 2.04 bits per heavy atom. The summed E-state index contributed by atoms with van der Waals surface area (Å²) in [4.78, 5) is 26.8. The van der Waals surface area contributed by atoms with Crippen molar-refractivity contribution in [2.45, 2.75) is 39.2 Å². The van der Waals surface area contributed by atoms with E-state index in [0.717, 1.165) is 18.2 Å². The van der Waals surface area contributed by atoms with Crippen molar-refractivity contribution in [1.29, 1.82) is 0 Å². The van der Waals surface area contributed by atoms with Gasteiger partial charge in [0, 0.05) is 24.4 Å². The Labute approximate surface area is 141 Å². The van der Waals surface area contributed by atoms with Gasteiger partial charge in [0.05, 0.1) is 11.8 Å². The molecule has 5 nitrogen and oxygen atoms in total. The van der Waals surface area contributed by atoms with Crippen molar-refractivity contribution in [3.05, 3.63) is 36.1 Å². The standard InChI is InChI=1S/C19H23NO4/c1-19(2,3)24-18(22)20-10-5-7-14(12-20)16(21)15-8-4-6-13-9-11-23-17(13)15/h4,6,8-9,11,14H,5,7,10,12H2,1-3H3. The largest absolute Gasteiger partial charge is 0.464 e. The molecule has 1 atom stereocenters. The van der Waals surface area contributed by atoms with Crippen molar-refractivity contribution in [3.63, 3.8) is 0 Å². The predicted octanol–water partition coefficient (Wildman–Crippen LogP) is 4.26. The third kappa shape index (κ3) is 3.45. The number of fused-ring (bicyclic) bond motifs is 1. The molecule has 0 aliphatic carbocycles. The Hall–Kier alpha value is -2.30. The number of carbonyl (C=O) groups is 2. The Kier molecular flexibility index (Phi) is 4.35. The number of Topliss-reactive ketones (excluding diaryl/α,β-unsaturated/α-hetero) is 1.